The Balaban J connectivity index is 1.90. The zero-order chi connectivity index (χ0) is 22.1. The summed E-state index contributed by atoms with van der Waals surface area (Å²) in [7, 11) is 0. The van der Waals surface area contributed by atoms with Crippen LogP contribution in [0.25, 0.3) is 5.76 Å². The average molecular weight is 442 g/mol. The molecule has 1 atom stereocenters. The SMILES string of the molecule is CCOc1cccc(/C(O)=C2/C(=O)C(=O)N(c3ccc(F)c(Cl)c3)C2c2ccco2)c1. The molecule has 4 rings (SSSR count). The molecular weight excluding hydrogens is 425 g/mol. The van der Waals surface area contributed by atoms with Crippen LogP contribution in [0.2, 0.25) is 5.02 Å². The molecule has 1 unspecified atom stereocenters. The maximum Gasteiger partial charge on any atom is 0.300 e. The lowest BCUT2D eigenvalue weighted by Crippen LogP contribution is -2.29. The third kappa shape index (κ3) is 3.68. The highest BCUT2D eigenvalue weighted by molar-refractivity contribution is 6.51. The lowest BCUT2D eigenvalue weighted by molar-refractivity contribution is -0.132. The topological polar surface area (TPSA) is 80.0 Å². The third-order valence-corrected chi connectivity index (χ3v) is 5.15. The van der Waals surface area contributed by atoms with Crippen LogP contribution in [0.4, 0.5) is 10.1 Å². The number of aliphatic hydroxyl groups excluding tert-OH is 1. The second kappa shape index (κ2) is 8.28. The Hall–Kier alpha value is -3.58. The van der Waals surface area contributed by atoms with E-state index in [9.17, 15) is 19.1 Å². The smallest absolute Gasteiger partial charge is 0.300 e. The molecule has 1 aliphatic rings. The molecule has 1 aromatic heterocycles. The van der Waals surface area contributed by atoms with Gasteiger partial charge in [-0.15, -0.1) is 0 Å². The summed E-state index contributed by atoms with van der Waals surface area (Å²) < 4.78 is 24.6. The van der Waals surface area contributed by atoms with E-state index in [1.807, 2.05) is 6.92 Å². The number of amides is 1. The summed E-state index contributed by atoms with van der Waals surface area (Å²) in [5.74, 6) is -2.09. The Morgan fingerprint density at radius 3 is 2.68 bits per heavy atom. The number of furan rings is 1. The van der Waals surface area contributed by atoms with Crippen molar-refractivity contribution in [3.8, 4) is 5.75 Å². The number of carbonyl (C=O) groups is 2. The van der Waals surface area contributed by atoms with Crippen molar-refractivity contribution in [2.75, 3.05) is 11.5 Å². The molecular formula is C23H17ClFNO5. The van der Waals surface area contributed by atoms with Gasteiger partial charge in [-0.2, -0.15) is 0 Å². The second-order valence-electron chi connectivity index (χ2n) is 6.74. The molecule has 1 N–H and O–H groups in total. The van der Waals surface area contributed by atoms with Crippen molar-refractivity contribution in [1.29, 1.82) is 0 Å². The fourth-order valence-corrected chi connectivity index (χ4v) is 3.68. The van der Waals surface area contributed by atoms with Crippen LogP contribution < -0.4 is 9.64 Å². The quantitative estimate of drug-likeness (QED) is 0.338. The van der Waals surface area contributed by atoms with Gasteiger partial charge in [0.15, 0.2) is 0 Å². The van der Waals surface area contributed by atoms with Crippen LogP contribution in [0.5, 0.6) is 5.75 Å². The highest BCUT2D eigenvalue weighted by atomic mass is 35.5. The molecule has 1 fully saturated rings. The number of hydrogen-bond donors (Lipinski definition) is 1. The third-order valence-electron chi connectivity index (χ3n) is 4.86. The fraction of sp³-hybridized carbons (Fsp3) is 0.130. The molecule has 0 spiro atoms. The summed E-state index contributed by atoms with van der Waals surface area (Å²) in [5.41, 5.74) is 0.337. The number of benzene rings is 2. The molecule has 3 aromatic rings. The Kier molecular flexibility index (Phi) is 5.52. The van der Waals surface area contributed by atoms with Crippen molar-refractivity contribution < 1.29 is 28.2 Å². The van der Waals surface area contributed by atoms with Crippen molar-refractivity contribution in [3.63, 3.8) is 0 Å². The van der Waals surface area contributed by atoms with E-state index < -0.39 is 23.5 Å². The van der Waals surface area contributed by atoms with Gasteiger partial charge in [0.05, 0.1) is 23.5 Å². The first-order valence-corrected chi connectivity index (χ1v) is 9.83. The number of halogens is 2. The summed E-state index contributed by atoms with van der Waals surface area (Å²) in [4.78, 5) is 27.1. The molecule has 1 saturated heterocycles. The molecule has 1 aliphatic heterocycles. The first kappa shape index (κ1) is 20.7. The van der Waals surface area contributed by atoms with Crippen molar-refractivity contribution in [2.24, 2.45) is 0 Å². The van der Waals surface area contributed by atoms with Gasteiger partial charge in [0.2, 0.25) is 0 Å². The van der Waals surface area contributed by atoms with Gasteiger partial charge in [0.1, 0.15) is 29.1 Å². The van der Waals surface area contributed by atoms with Gasteiger partial charge < -0.3 is 14.3 Å². The van der Waals surface area contributed by atoms with Crippen LogP contribution in [0, 0.1) is 5.82 Å². The molecule has 0 bridgehead atoms. The second-order valence-corrected chi connectivity index (χ2v) is 7.15. The number of rotatable bonds is 5. The average Bonchev–Trinajstić information content (AvgIpc) is 3.37. The van der Waals surface area contributed by atoms with Gasteiger partial charge in [0, 0.05) is 11.3 Å². The minimum Gasteiger partial charge on any atom is -0.507 e. The normalized spacial score (nSPS) is 17.9. The fourth-order valence-electron chi connectivity index (χ4n) is 3.51. The molecule has 0 radical (unpaired) electrons. The first-order valence-electron chi connectivity index (χ1n) is 9.45. The summed E-state index contributed by atoms with van der Waals surface area (Å²) in [6.07, 6.45) is 1.39. The highest BCUT2D eigenvalue weighted by Crippen LogP contribution is 2.43. The van der Waals surface area contributed by atoms with Crippen molar-refractivity contribution >= 4 is 34.7 Å². The number of anilines is 1. The summed E-state index contributed by atoms with van der Waals surface area (Å²) >= 11 is 5.89. The van der Waals surface area contributed by atoms with Crippen LogP contribution >= 0.6 is 11.6 Å². The predicted molar refractivity (Wildman–Crippen MR) is 113 cm³/mol. The summed E-state index contributed by atoms with van der Waals surface area (Å²) in [6.45, 7) is 2.25. The van der Waals surface area contributed by atoms with E-state index in [-0.39, 0.29) is 27.8 Å². The zero-order valence-corrected chi connectivity index (χ0v) is 17.1. The van der Waals surface area contributed by atoms with Crippen molar-refractivity contribution in [2.45, 2.75) is 13.0 Å². The van der Waals surface area contributed by atoms with Crippen molar-refractivity contribution in [1.82, 2.24) is 0 Å². The Morgan fingerprint density at radius 1 is 1.19 bits per heavy atom. The van der Waals surface area contributed by atoms with E-state index in [0.717, 1.165) is 11.0 Å². The van der Waals surface area contributed by atoms with Crippen LogP contribution in [0.1, 0.15) is 24.3 Å². The van der Waals surface area contributed by atoms with E-state index in [4.69, 9.17) is 20.8 Å². The number of ketones is 1. The molecule has 1 amide bonds. The van der Waals surface area contributed by atoms with Gasteiger partial charge in [-0.25, -0.2) is 4.39 Å². The predicted octanol–water partition coefficient (Wildman–Crippen LogP) is 5.10. The molecule has 158 valence electrons. The maximum absolute atomic E-state index is 13.7. The number of carbonyl (C=O) groups excluding carboxylic acids is 2. The molecule has 31 heavy (non-hydrogen) atoms. The largest absolute Gasteiger partial charge is 0.507 e. The number of Topliss-reactive ketones (excluding diaryl/α,β-unsaturated/α-hetero) is 1. The van der Waals surface area contributed by atoms with Crippen LogP contribution in [0.15, 0.2) is 70.9 Å². The summed E-state index contributed by atoms with van der Waals surface area (Å²) in [5, 5.41) is 10.8. The monoisotopic (exact) mass is 441 g/mol. The number of nitrogens with zero attached hydrogens (tertiary/aromatic N) is 1. The molecule has 2 heterocycles. The zero-order valence-electron chi connectivity index (χ0n) is 16.3. The Bertz CT molecular complexity index is 1190. The Morgan fingerprint density at radius 2 is 2.00 bits per heavy atom. The van der Waals surface area contributed by atoms with Crippen LogP contribution in [-0.2, 0) is 9.59 Å². The van der Waals surface area contributed by atoms with E-state index in [2.05, 4.69) is 0 Å². The lowest BCUT2D eigenvalue weighted by Gasteiger charge is -2.23. The maximum atomic E-state index is 13.7. The van der Waals surface area contributed by atoms with Gasteiger partial charge in [-0.1, -0.05) is 23.7 Å². The van der Waals surface area contributed by atoms with Gasteiger partial charge in [-0.3, -0.25) is 14.5 Å². The number of hydrogen-bond acceptors (Lipinski definition) is 5. The minimum atomic E-state index is -1.06. The first-order chi connectivity index (χ1) is 14.9. The highest BCUT2D eigenvalue weighted by Gasteiger charge is 2.48. The van der Waals surface area contributed by atoms with E-state index in [1.165, 1.54) is 18.4 Å². The summed E-state index contributed by atoms with van der Waals surface area (Å²) in [6, 6.07) is 12.3. The van der Waals surface area contributed by atoms with E-state index in [1.54, 1.807) is 36.4 Å². The van der Waals surface area contributed by atoms with Crippen LogP contribution in [-0.4, -0.2) is 23.4 Å². The minimum absolute atomic E-state index is 0.158. The molecule has 2 aromatic carbocycles. The number of aliphatic hydroxyl groups is 1. The standard InChI is InChI=1S/C23H17ClFNO5/c1-2-30-15-6-3-5-13(11-15)21(27)19-20(18-7-4-10-31-18)26(23(29)22(19)28)14-8-9-17(25)16(24)12-14/h3-12,20,27H,2H2,1H3/b21-19-. The van der Waals surface area contributed by atoms with Gasteiger partial charge in [0.25, 0.3) is 11.7 Å². The molecule has 6 nitrogen and oxygen atoms in total. The van der Waals surface area contributed by atoms with Gasteiger partial charge >= 0.3 is 0 Å². The molecule has 0 aliphatic carbocycles. The van der Waals surface area contributed by atoms with Gasteiger partial charge in [-0.05, 0) is 49.4 Å². The molecule has 8 heteroatoms. The molecule has 0 saturated carbocycles. The lowest BCUT2D eigenvalue weighted by atomic mass is 9.99. The van der Waals surface area contributed by atoms with Crippen LogP contribution in [0.3, 0.4) is 0 Å². The van der Waals surface area contributed by atoms with E-state index >= 15 is 0 Å². The number of ether oxygens (including phenoxy) is 1. The van der Waals surface area contributed by atoms with Crippen molar-refractivity contribution in [3.05, 3.63) is 88.6 Å². The Labute approximate surface area is 182 Å². The van der Waals surface area contributed by atoms with E-state index in [0.29, 0.717) is 17.9 Å².